The van der Waals surface area contributed by atoms with Gasteiger partial charge >= 0.3 is 0 Å². The van der Waals surface area contributed by atoms with Crippen LogP contribution in [0.3, 0.4) is 0 Å². The van der Waals surface area contributed by atoms with E-state index in [9.17, 15) is 8.78 Å². The van der Waals surface area contributed by atoms with Gasteiger partial charge in [0, 0.05) is 17.2 Å². The summed E-state index contributed by atoms with van der Waals surface area (Å²) >= 11 is 1.20. The zero-order valence-corrected chi connectivity index (χ0v) is 11.9. The SMILES string of the molecule is CCCNc1cnc(CSc2cc(F)ccc2F)cn1. The summed E-state index contributed by atoms with van der Waals surface area (Å²) in [7, 11) is 0. The van der Waals surface area contributed by atoms with E-state index in [1.165, 1.54) is 17.8 Å². The monoisotopic (exact) mass is 295 g/mol. The Kier molecular flexibility index (Phi) is 5.29. The van der Waals surface area contributed by atoms with Crippen molar-refractivity contribution in [1.29, 1.82) is 0 Å². The van der Waals surface area contributed by atoms with Crippen molar-refractivity contribution in [3.63, 3.8) is 0 Å². The number of halogens is 2. The van der Waals surface area contributed by atoms with Gasteiger partial charge in [-0.3, -0.25) is 4.98 Å². The van der Waals surface area contributed by atoms with E-state index in [-0.39, 0.29) is 4.90 Å². The fourth-order valence-electron chi connectivity index (χ4n) is 1.51. The third-order valence-corrected chi connectivity index (χ3v) is 3.59. The van der Waals surface area contributed by atoms with Crippen molar-refractivity contribution < 1.29 is 8.78 Å². The van der Waals surface area contributed by atoms with Crippen LogP contribution in [-0.2, 0) is 5.75 Å². The summed E-state index contributed by atoms with van der Waals surface area (Å²) in [6.45, 7) is 2.91. The van der Waals surface area contributed by atoms with Crippen LogP contribution >= 0.6 is 11.8 Å². The van der Waals surface area contributed by atoms with Crippen LogP contribution in [0.5, 0.6) is 0 Å². The van der Waals surface area contributed by atoms with Gasteiger partial charge < -0.3 is 5.32 Å². The van der Waals surface area contributed by atoms with E-state index < -0.39 is 11.6 Å². The molecular formula is C14H15F2N3S. The third-order valence-electron chi connectivity index (χ3n) is 2.53. The van der Waals surface area contributed by atoms with Gasteiger partial charge in [0.25, 0.3) is 0 Å². The summed E-state index contributed by atoms with van der Waals surface area (Å²) in [5, 5.41) is 3.12. The van der Waals surface area contributed by atoms with Gasteiger partial charge in [0.05, 0.1) is 18.1 Å². The van der Waals surface area contributed by atoms with E-state index in [4.69, 9.17) is 0 Å². The predicted molar refractivity (Wildman–Crippen MR) is 76.7 cm³/mol. The van der Waals surface area contributed by atoms with E-state index in [2.05, 4.69) is 22.2 Å². The largest absolute Gasteiger partial charge is 0.369 e. The molecule has 0 unspecified atom stereocenters. The van der Waals surface area contributed by atoms with Crippen LogP contribution in [0, 0.1) is 11.6 Å². The van der Waals surface area contributed by atoms with E-state index in [1.54, 1.807) is 12.4 Å². The van der Waals surface area contributed by atoms with Crippen LogP contribution in [0.2, 0.25) is 0 Å². The van der Waals surface area contributed by atoms with Crippen molar-refractivity contribution in [3.8, 4) is 0 Å². The second-order valence-electron chi connectivity index (χ2n) is 4.18. The molecule has 2 aromatic rings. The molecule has 3 nitrogen and oxygen atoms in total. The first kappa shape index (κ1) is 14.7. The molecule has 0 atom stereocenters. The number of benzene rings is 1. The Bertz CT molecular complexity index is 561. The molecule has 0 amide bonds. The highest BCUT2D eigenvalue weighted by molar-refractivity contribution is 7.98. The number of aromatic nitrogens is 2. The lowest BCUT2D eigenvalue weighted by atomic mass is 10.3. The molecule has 1 aromatic heterocycles. The molecule has 0 spiro atoms. The normalized spacial score (nSPS) is 10.6. The van der Waals surface area contributed by atoms with Crippen molar-refractivity contribution in [2.75, 3.05) is 11.9 Å². The lowest BCUT2D eigenvalue weighted by Gasteiger charge is -2.05. The minimum Gasteiger partial charge on any atom is -0.369 e. The van der Waals surface area contributed by atoms with E-state index in [0.29, 0.717) is 5.75 Å². The highest BCUT2D eigenvalue weighted by Crippen LogP contribution is 2.25. The van der Waals surface area contributed by atoms with Crippen LogP contribution in [-0.4, -0.2) is 16.5 Å². The van der Waals surface area contributed by atoms with E-state index >= 15 is 0 Å². The Labute approximate surface area is 120 Å². The number of thioether (sulfide) groups is 1. The molecule has 0 aliphatic rings. The summed E-state index contributed by atoms with van der Waals surface area (Å²) in [4.78, 5) is 8.73. The maximum atomic E-state index is 13.4. The van der Waals surface area contributed by atoms with E-state index in [0.717, 1.165) is 36.6 Å². The molecule has 0 radical (unpaired) electrons. The lowest BCUT2D eigenvalue weighted by molar-refractivity contribution is 0.577. The van der Waals surface area contributed by atoms with Crippen LogP contribution in [0.1, 0.15) is 19.0 Å². The number of hydrogen-bond donors (Lipinski definition) is 1. The van der Waals surface area contributed by atoms with Gasteiger partial charge in [-0.1, -0.05) is 6.92 Å². The molecule has 0 saturated heterocycles. The number of nitrogens with zero attached hydrogens (tertiary/aromatic N) is 2. The van der Waals surface area contributed by atoms with Gasteiger partial charge in [-0.25, -0.2) is 13.8 Å². The minimum absolute atomic E-state index is 0.278. The fraction of sp³-hybridized carbons (Fsp3) is 0.286. The van der Waals surface area contributed by atoms with Crippen molar-refractivity contribution in [3.05, 3.63) is 47.9 Å². The highest BCUT2D eigenvalue weighted by Gasteiger charge is 2.06. The van der Waals surface area contributed by atoms with Gasteiger partial charge in [0.2, 0.25) is 0 Å². The molecule has 1 heterocycles. The number of anilines is 1. The molecule has 0 bridgehead atoms. The molecule has 6 heteroatoms. The van der Waals surface area contributed by atoms with Gasteiger partial charge in [0.1, 0.15) is 17.5 Å². The summed E-state index contributed by atoms with van der Waals surface area (Å²) in [5.41, 5.74) is 0.723. The van der Waals surface area contributed by atoms with Crippen molar-refractivity contribution in [2.45, 2.75) is 24.0 Å². The Hall–Kier alpha value is -1.69. The smallest absolute Gasteiger partial charge is 0.144 e. The molecule has 0 aliphatic carbocycles. The van der Waals surface area contributed by atoms with Crippen LogP contribution in [0.4, 0.5) is 14.6 Å². The standard InChI is InChI=1S/C14H15F2N3S/c1-2-5-17-14-8-18-11(7-19-14)9-20-13-6-10(15)3-4-12(13)16/h3-4,6-8H,2,5,9H2,1H3,(H,17,19). The first-order chi connectivity index (χ1) is 9.69. The van der Waals surface area contributed by atoms with E-state index in [1.807, 2.05) is 0 Å². The Morgan fingerprint density at radius 3 is 2.75 bits per heavy atom. The first-order valence-electron chi connectivity index (χ1n) is 6.31. The van der Waals surface area contributed by atoms with Crippen molar-refractivity contribution >= 4 is 17.6 Å². The molecule has 1 N–H and O–H groups in total. The highest BCUT2D eigenvalue weighted by atomic mass is 32.2. The second kappa shape index (κ2) is 7.19. The Morgan fingerprint density at radius 2 is 2.05 bits per heavy atom. The minimum atomic E-state index is -0.445. The zero-order chi connectivity index (χ0) is 14.4. The molecular weight excluding hydrogens is 280 g/mol. The maximum Gasteiger partial charge on any atom is 0.144 e. The zero-order valence-electron chi connectivity index (χ0n) is 11.1. The predicted octanol–water partition coefficient (Wildman–Crippen LogP) is 3.87. The van der Waals surface area contributed by atoms with Crippen LogP contribution < -0.4 is 5.32 Å². The second-order valence-corrected chi connectivity index (χ2v) is 5.20. The summed E-state index contributed by atoms with van der Waals surface area (Å²) in [6.07, 6.45) is 4.30. The summed E-state index contributed by atoms with van der Waals surface area (Å²) < 4.78 is 26.5. The molecule has 0 fully saturated rings. The van der Waals surface area contributed by atoms with Crippen molar-refractivity contribution in [2.24, 2.45) is 0 Å². The average molecular weight is 295 g/mol. The molecule has 2 rings (SSSR count). The third kappa shape index (κ3) is 4.16. The molecule has 0 saturated carbocycles. The summed E-state index contributed by atoms with van der Waals surface area (Å²) in [6, 6.07) is 3.42. The average Bonchev–Trinajstić information content (AvgIpc) is 2.47. The van der Waals surface area contributed by atoms with Gasteiger partial charge in [-0.05, 0) is 24.6 Å². The Morgan fingerprint density at radius 1 is 1.20 bits per heavy atom. The maximum absolute atomic E-state index is 13.4. The van der Waals surface area contributed by atoms with Crippen LogP contribution in [0.25, 0.3) is 0 Å². The molecule has 20 heavy (non-hydrogen) atoms. The molecule has 106 valence electrons. The number of hydrogen-bond acceptors (Lipinski definition) is 4. The van der Waals surface area contributed by atoms with Gasteiger partial charge in [-0.15, -0.1) is 11.8 Å². The quantitative estimate of drug-likeness (QED) is 0.821. The number of nitrogens with one attached hydrogen (secondary N) is 1. The number of rotatable bonds is 6. The van der Waals surface area contributed by atoms with Crippen molar-refractivity contribution in [1.82, 2.24) is 9.97 Å². The molecule has 0 aliphatic heterocycles. The van der Waals surface area contributed by atoms with Gasteiger partial charge in [0.15, 0.2) is 0 Å². The Balaban J connectivity index is 1.95. The molecule has 1 aromatic carbocycles. The summed E-state index contributed by atoms with van der Waals surface area (Å²) in [5.74, 6) is 0.295. The fourth-order valence-corrected chi connectivity index (χ4v) is 2.37. The first-order valence-corrected chi connectivity index (χ1v) is 7.30. The lowest BCUT2D eigenvalue weighted by Crippen LogP contribution is -2.02. The van der Waals surface area contributed by atoms with Crippen LogP contribution in [0.15, 0.2) is 35.5 Å². The van der Waals surface area contributed by atoms with Gasteiger partial charge in [-0.2, -0.15) is 0 Å². The topological polar surface area (TPSA) is 37.8 Å².